The molecule has 4 heterocycles. The lowest BCUT2D eigenvalue weighted by molar-refractivity contribution is 1.08. The largest absolute Gasteiger partial charge is 0.309 e. The molecule has 0 aliphatic rings. The van der Waals surface area contributed by atoms with Crippen molar-refractivity contribution in [2.75, 3.05) is 0 Å². The lowest BCUT2D eigenvalue weighted by Gasteiger charge is -2.10. The number of para-hydroxylation sites is 2. The monoisotopic (exact) mass is 592 g/mol. The van der Waals surface area contributed by atoms with Gasteiger partial charge < -0.3 is 4.57 Å². The first-order valence-corrected chi connectivity index (χ1v) is 15.9. The van der Waals surface area contributed by atoms with Crippen LogP contribution in [0.4, 0.5) is 0 Å². The molecule has 0 radical (unpaired) electrons. The summed E-state index contributed by atoms with van der Waals surface area (Å²) in [4.78, 5) is 9.67. The third kappa shape index (κ3) is 3.47. The molecule has 10 aromatic rings. The topological polar surface area (TPSA) is 35.6 Å². The first kappa shape index (κ1) is 24.6. The fourth-order valence-corrected chi connectivity index (χ4v) is 8.26. The predicted octanol–water partition coefficient (Wildman–Crippen LogP) is 10.7. The average molecular weight is 593 g/mol. The van der Waals surface area contributed by atoms with Gasteiger partial charge in [-0.25, -0.2) is 9.97 Å². The number of fused-ring (bicyclic) bond motifs is 10. The Morgan fingerprint density at radius 1 is 0.444 bits per heavy atom. The van der Waals surface area contributed by atoms with Crippen molar-refractivity contribution in [1.29, 1.82) is 0 Å². The molecule has 10 rings (SSSR count). The van der Waals surface area contributed by atoms with Gasteiger partial charge in [-0.1, -0.05) is 97.1 Å². The minimum atomic E-state index is 0.923. The second kappa shape index (κ2) is 9.36. The van der Waals surface area contributed by atoms with Gasteiger partial charge in [-0.2, -0.15) is 0 Å². The van der Waals surface area contributed by atoms with Gasteiger partial charge in [0, 0.05) is 37.3 Å². The fraction of sp³-hybridized carbons (Fsp3) is 0. The molecule has 0 unspecified atom stereocenters. The number of rotatable bonds is 3. The first-order valence-electron chi connectivity index (χ1n) is 15.1. The third-order valence-corrected chi connectivity index (χ3v) is 10.2. The van der Waals surface area contributed by atoms with Crippen LogP contribution in [0.1, 0.15) is 0 Å². The van der Waals surface area contributed by atoms with E-state index in [1.54, 1.807) is 17.7 Å². The van der Waals surface area contributed by atoms with Crippen LogP contribution >= 0.6 is 11.3 Å². The Kier molecular flexibility index (Phi) is 5.12. The fourth-order valence-electron chi connectivity index (χ4n) is 7.13. The Morgan fingerprint density at radius 3 is 1.76 bits per heavy atom. The quantitative estimate of drug-likeness (QED) is 0.205. The summed E-state index contributed by atoms with van der Waals surface area (Å²) in [7, 11) is 0. The second-order valence-electron chi connectivity index (χ2n) is 11.4. The van der Waals surface area contributed by atoms with Crippen LogP contribution < -0.4 is 0 Å². The highest BCUT2D eigenvalue weighted by atomic mass is 32.1. The SMILES string of the molecule is c1ccc(-c2ccc(-n3c4ccccc4c4c5c6ccccc6n(-c6ncnc7c6sc6ccccc67)c5ccc43)cc2)cc1. The van der Waals surface area contributed by atoms with Crippen LogP contribution in [0.15, 0.2) is 146 Å². The van der Waals surface area contributed by atoms with E-state index in [9.17, 15) is 0 Å². The molecular formula is C40H24N4S. The zero-order valence-electron chi connectivity index (χ0n) is 24.1. The number of thiophene rings is 1. The van der Waals surface area contributed by atoms with Crippen molar-refractivity contribution in [3.63, 3.8) is 0 Å². The van der Waals surface area contributed by atoms with Gasteiger partial charge in [0.05, 0.1) is 32.3 Å². The number of hydrogen-bond acceptors (Lipinski definition) is 3. The van der Waals surface area contributed by atoms with E-state index in [4.69, 9.17) is 9.97 Å². The van der Waals surface area contributed by atoms with Crippen molar-refractivity contribution >= 4 is 75.3 Å². The van der Waals surface area contributed by atoms with Crippen LogP contribution in [-0.2, 0) is 0 Å². The van der Waals surface area contributed by atoms with Crippen molar-refractivity contribution in [3.8, 4) is 22.6 Å². The van der Waals surface area contributed by atoms with Crippen LogP contribution in [0, 0.1) is 0 Å². The van der Waals surface area contributed by atoms with Crippen LogP contribution in [0.3, 0.4) is 0 Å². The zero-order valence-corrected chi connectivity index (χ0v) is 24.9. The van der Waals surface area contributed by atoms with E-state index < -0.39 is 0 Å². The summed E-state index contributed by atoms with van der Waals surface area (Å²) in [5.41, 5.74) is 9.24. The van der Waals surface area contributed by atoms with Gasteiger partial charge in [0.25, 0.3) is 0 Å². The lowest BCUT2D eigenvalue weighted by Crippen LogP contribution is -1.98. The lowest BCUT2D eigenvalue weighted by atomic mass is 10.1. The molecule has 6 aromatic carbocycles. The summed E-state index contributed by atoms with van der Waals surface area (Å²) in [5, 5.41) is 6.13. The Hall–Kier alpha value is -5.78. The number of aromatic nitrogens is 4. The highest BCUT2D eigenvalue weighted by molar-refractivity contribution is 7.26. The molecule has 0 aliphatic carbocycles. The van der Waals surface area contributed by atoms with Gasteiger partial charge in [-0.15, -0.1) is 11.3 Å². The van der Waals surface area contributed by atoms with Gasteiger partial charge >= 0.3 is 0 Å². The maximum absolute atomic E-state index is 4.93. The third-order valence-electron chi connectivity index (χ3n) is 9.06. The molecule has 0 amide bonds. The van der Waals surface area contributed by atoms with Crippen molar-refractivity contribution in [2.45, 2.75) is 0 Å². The standard InChI is InChI=1S/C40H24N4S/c1-2-10-25(11-3-1)26-18-20-27(21-19-26)43-31-15-7-4-12-28(31)36-33(43)22-23-34-37(36)29-13-5-8-16-32(29)44(34)40-39-38(41-24-42-40)30-14-6-9-17-35(30)45-39/h1-24H. The van der Waals surface area contributed by atoms with Crippen molar-refractivity contribution in [1.82, 2.24) is 19.1 Å². The van der Waals surface area contributed by atoms with Gasteiger partial charge in [-0.3, -0.25) is 4.57 Å². The second-order valence-corrected chi connectivity index (χ2v) is 12.5. The highest BCUT2D eigenvalue weighted by Crippen LogP contribution is 2.44. The summed E-state index contributed by atoms with van der Waals surface area (Å²) in [6, 6.07) is 50.0. The molecule has 4 aromatic heterocycles. The molecule has 210 valence electrons. The minimum absolute atomic E-state index is 0.923. The normalized spacial score (nSPS) is 12.0. The van der Waals surface area contributed by atoms with Crippen LogP contribution in [-0.4, -0.2) is 19.1 Å². The van der Waals surface area contributed by atoms with Gasteiger partial charge in [0.15, 0.2) is 5.82 Å². The summed E-state index contributed by atoms with van der Waals surface area (Å²) in [6.07, 6.45) is 1.71. The van der Waals surface area contributed by atoms with Crippen molar-refractivity contribution in [2.24, 2.45) is 0 Å². The van der Waals surface area contributed by atoms with Gasteiger partial charge in [0.1, 0.15) is 6.33 Å². The molecule has 0 bridgehead atoms. The van der Waals surface area contributed by atoms with E-state index in [0.29, 0.717) is 0 Å². The van der Waals surface area contributed by atoms with E-state index in [1.165, 1.54) is 53.8 Å². The Labute approximate surface area is 262 Å². The molecular weight excluding hydrogens is 569 g/mol. The van der Waals surface area contributed by atoms with Gasteiger partial charge in [0.2, 0.25) is 0 Å². The predicted molar refractivity (Wildman–Crippen MR) is 189 cm³/mol. The van der Waals surface area contributed by atoms with E-state index in [-0.39, 0.29) is 0 Å². The molecule has 0 aliphatic heterocycles. The number of benzene rings is 6. The summed E-state index contributed by atoms with van der Waals surface area (Å²) in [6.45, 7) is 0. The molecule has 45 heavy (non-hydrogen) atoms. The van der Waals surface area contributed by atoms with Crippen LogP contribution in [0.2, 0.25) is 0 Å². The average Bonchev–Trinajstić information content (AvgIpc) is 3.76. The van der Waals surface area contributed by atoms with E-state index >= 15 is 0 Å². The van der Waals surface area contributed by atoms with E-state index in [1.807, 2.05) is 0 Å². The van der Waals surface area contributed by atoms with Crippen molar-refractivity contribution < 1.29 is 0 Å². The Bertz CT molecular complexity index is 2750. The number of nitrogens with zero attached hydrogens (tertiary/aromatic N) is 4. The molecule has 0 fully saturated rings. The molecule has 0 saturated heterocycles. The maximum Gasteiger partial charge on any atom is 0.159 e. The van der Waals surface area contributed by atoms with E-state index in [0.717, 1.165) is 32.8 Å². The highest BCUT2D eigenvalue weighted by Gasteiger charge is 2.22. The molecule has 0 atom stereocenters. The first-order chi connectivity index (χ1) is 22.3. The smallest absolute Gasteiger partial charge is 0.159 e. The Morgan fingerprint density at radius 2 is 1.02 bits per heavy atom. The van der Waals surface area contributed by atoms with Crippen molar-refractivity contribution in [3.05, 3.63) is 146 Å². The summed E-state index contributed by atoms with van der Waals surface area (Å²) < 4.78 is 7.06. The molecule has 0 saturated carbocycles. The molecule has 0 N–H and O–H groups in total. The minimum Gasteiger partial charge on any atom is -0.309 e. The van der Waals surface area contributed by atoms with Crippen LogP contribution in [0.5, 0.6) is 0 Å². The Balaban J connectivity index is 1.29. The van der Waals surface area contributed by atoms with Gasteiger partial charge in [-0.05, 0) is 53.6 Å². The number of hydrogen-bond donors (Lipinski definition) is 0. The molecule has 5 heteroatoms. The van der Waals surface area contributed by atoms with Crippen LogP contribution in [0.25, 0.3) is 86.5 Å². The van der Waals surface area contributed by atoms with E-state index in [2.05, 4.69) is 149 Å². The molecule has 4 nitrogen and oxygen atoms in total. The molecule has 0 spiro atoms. The maximum atomic E-state index is 4.93. The summed E-state index contributed by atoms with van der Waals surface area (Å²) in [5.74, 6) is 0.923. The summed E-state index contributed by atoms with van der Waals surface area (Å²) >= 11 is 1.76. The zero-order chi connectivity index (χ0) is 29.5.